The Morgan fingerprint density at radius 3 is 2.41 bits per heavy atom. The average molecular weight is 507 g/mol. The van der Waals surface area contributed by atoms with Crippen LogP contribution in [0.25, 0.3) is 0 Å². The highest BCUT2D eigenvalue weighted by molar-refractivity contribution is 6.07. The summed E-state index contributed by atoms with van der Waals surface area (Å²) in [5.74, 6) is 0.209. The van der Waals surface area contributed by atoms with E-state index in [0.717, 1.165) is 12.0 Å². The number of nitrogens with zero attached hydrogens (tertiary/aromatic N) is 5. The van der Waals surface area contributed by atoms with Gasteiger partial charge in [-0.2, -0.15) is 0 Å². The lowest BCUT2D eigenvalue weighted by molar-refractivity contribution is -0.132. The molecule has 196 valence electrons. The minimum atomic E-state index is -1.07. The quantitative estimate of drug-likeness (QED) is 0.616. The molecule has 2 aliphatic rings. The Bertz CT molecular complexity index is 1180. The molecule has 2 N–H and O–H groups in total. The molecule has 1 unspecified atom stereocenters. The molecule has 2 aromatic rings. The molecule has 1 aromatic carbocycles. The number of aliphatic imine (C=N–C) groups is 1. The van der Waals surface area contributed by atoms with Crippen LogP contribution < -0.4 is 5.73 Å². The molecule has 2 aliphatic heterocycles. The van der Waals surface area contributed by atoms with Crippen LogP contribution in [0.15, 0.2) is 53.7 Å². The number of amides is 3. The molecular formula is C27H34N6O4. The van der Waals surface area contributed by atoms with E-state index in [-0.39, 0.29) is 24.3 Å². The summed E-state index contributed by atoms with van der Waals surface area (Å²) in [6, 6.07) is 12.9. The van der Waals surface area contributed by atoms with Crippen LogP contribution in [0.3, 0.4) is 0 Å². The fourth-order valence-corrected chi connectivity index (χ4v) is 4.75. The Labute approximate surface area is 217 Å². The number of carbonyl (C=O) groups is 3. The van der Waals surface area contributed by atoms with Crippen molar-refractivity contribution in [1.82, 2.24) is 19.7 Å². The maximum absolute atomic E-state index is 13.8. The molecule has 37 heavy (non-hydrogen) atoms. The predicted molar refractivity (Wildman–Crippen MR) is 138 cm³/mol. The van der Waals surface area contributed by atoms with Crippen LogP contribution in [0, 0.1) is 5.92 Å². The number of rotatable bonds is 7. The van der Waals surface area contributed by atoms with E-state index in [1.165, 1.54) is 12.0 Å². The van der Waals surface area contributed by atoms with Gasteiger partial charge in [0.2, 0.25) is 0 Å². The van der Waals surface area contributed by atoms with Gasteiger partial charge in [0.15, 0.2) is 11.5 Å². The van der Waals surface area contributed by atoms with E-state index in [9.17, 15) is 14.4 Å². The van der Waals surface area contributed by atoms with Crippen molar-refractivity contribution in [1.29, 1.82) is 0 Å². The second-order valence-corrected chi connectivity index (χ2v) is 9.81. The first kappa shape index (κ1) is 26.1. The zero-order valence-electron chi connectivity index (χ0n) is 21.6. The molecule has 0 bridgehead atoms. The van der Waals surface area contributed by atoms with E-state index in [1.54, 1.807) is 28.1 Å². The Morgan fingerprint density at radius 1 is 1.08 bits per heavy atom. The molecule has 0 spiro atoms. The minimum absolute atomic E-state index is 0.113. The van der Waals surface area contributed by atoms with Crippen molar-refractivity contribution in [3.63, 3.8) is 0 Å². The number of nitrogens with two attached hydrogens (primary N) is 1. The number of guanidine groups is 1. The number of piperazine rings is 1. The highest BCUT2D eigenvalue weighted by Crippen LogP contribution is 2.38. The molecule has 1 saturated heterocycles. The fraction of sp³-hybridized carbons (Fsp3) is 0.444. The van der Waals surface area contributed by atoms with Crippen LogP contribution in [0.5, 0.6) is 0 Å². The molecule has 3 amide bonds. The molecule has 4 rings (SSSR count). The van der Waals surface area contributed by atoms with E-state index in [4.69, 9.17) is 15.5 Å². The molecule has 10 heteroatoms. The molecule has 1 fully saturated rings. The van der Waals surface area contributed by atoms with Gasteiger partial charge in [-0.05, 0) is 36.5 Å². The van der Waals surface area contributed by atoms with Gasteiger partial charge in [0, 0.05) is 37.9 Å². The van der Waals surface area contributed by atoms with Gasteiger partial charge < -0.3 is 20.3 Å². The summed E-state index contributed by atoms with van der Waals surface area (Å²) in [5.41, 5.74) is 7.06. The maximum atomic E-state index is 13.8. The van der Waals surface area contributed by atoms with Crippen LogP contribution >= 0.6 is 0 Å². The van der Waals surface area contributed by atoms with Gasteiger partial charge in [0.05, 0.1) is 19.3 Å². The van der Waals surface area contributed by atoms with Crippen molar-refractivity contribution in [3.05, 3.63) is 65.5 Å². The van der Waals surface area contributed by atoms with E-state index >= 15 is 0 Å². The Kier molecular flexibility index (Phi) is 7.75. The van der Waals surface area contributed by atoms with Gasteiger partial charge in [0.1, 0.15) is 0 Å². The smallest absolute Gasteiger partial charge is 0.409 e. The topological polar surface area (TPSA) is 121 Å². The van der Waals surface area contributed by atoms with Crippen LogP contribution in [0.1, 0.15) is 48.3 Å². The first-order valence-electron chi connectivity index (χ1n) is 12.5. The summed E-state index contributed by atoms with van der Waals surface area (Å²) in [6.07, 6.45) is 2.53. The van der Waals surface area contributed by atoms with Gasteiger partial charge in [-0.1, -0.05) is 44.2 Å². The third-order valence-corrected chi connectivity index (χ3v) is 6.90. The van der Waals surface area contributed by atoms with Gasteiger partial charge in [-0.3, -0.25) is 19.5 Å². The normalized spacial score (nSPS) is 19.8. The first-order valence-corrected chi connectivity index (χ1v) is 12.5. The number of pyridine rings is 1. The zero-order chi connectivity index (χ0) is 26.6. The Morgan fingerprint density at radius 2 is 1.76 bits per heavy atom. The molecule has 1 aromatic heterocycles. The second-order valence-electron chi connectivity index (χ2n) is 9.81. The summed E-state index contributed by atoms with van der Waals surface area (Å²) in [6.45, 7) is 5.97. The van der Waals surface area contributed by atoms with E-state index in [0.29, 0.717) is 49.8 Å². The molecular weight excluding hydrogens is 472 g/mol. The van der Waals surface area contributed by atoms with E-state index in [2.05, 4.69) is 18.8 Å². The van der Waals surface area contributed by atoms with Gasteiger partial charge >= 0.3 is 6.09 Å². The molecule has 3 heterocycles. The highest BCUT2D eigenvalue weighted by Gasteiger charge is 2.48. The number of carbonyl (C=O) groups excluding carboxylic acids is 3. The number of hydrogen-bond donors (Lipinski definition) is 1. The molecule has 0 aliphatic carbocycles. The lowest BCUT2D eigenvalue weighted by Crippen LogP contribution is -2.50. The molecule has 0 saturated carbocycles. The second kappa shape index (κ2) is 11.0. The summed E-state index contributed by atoms with van der Waals surface area (Å²) in [4.78, 5) is 52.5. The maximum Gasteiger partial charge on any atom is 0.409 e. The largest absolute Gasteiger partial charge is 0.453 e. The number of ether oxygens (including phenoxy) is 1. The number of hydrogen-bond acceptors (Lipinski definition) is 7. The SMILES string of the molecule is COC(=O)N1CCN(C(=O)c2ccnc(CN3C(=O)C(CCC(C)C)(c4ccccc4)N=C3N)c2)CC1. The summed E-state index contributed by atoms with van der Waals surface area (Å²) in [5, 5.41) is 0. The van der Waals surface area contributed by atoms with Crippen molar-refractivity contribution < 1.29 is 19.1 Å². The van der Waals surface area contributed by atoms with Crippen molar-refractivity contribution in [3.8, 4) is 0 Å². The van der Waals surface area contributed by atoms with E-state index in [1.807, 2.05) is 30.3 Å². The third-order valence-electron chi connectivity index (χ3n) is 6.90. The fourth-order valence-electron chi connectivity index (χ4n) is 4.75. The molecule has 1 atom stereocenters. The average Bonchev–Trinajstić information content (AvgIpc) is 3.17. The van der Waals surface area contributed by atoms with Crippen molar-refractivity contribution in [2.24, 2.45) is 16.6 Å². The number of aromatic nitrogens is 1. The van der Waals surface area contributed by atoms with Crippen molar-refractivity contribution >= 4 is 23.9 Å². The molecule has 0 radical (unpaired) electrons. The lowest BCUT2D eigenvalue weighted by atomic mass is 9.83. The lowest BCUT2D eigenvalue weighted by Gasteiger charge is -2.33. The zero-order valence-corrected chi connectivity index (χ0v) is 21.6. The summed E-state index contributed by atoms with van der Waals surface area (Å²) < 4.78 is 4.76. The van der Waals surface area contributed by atoms with Gasteiger partial charge in [0.25, 0.3) is 11.8 Å². The van der Waals surface area contributed by atoms with E-state index < -0.39 is 11.6 Å². The predicted octanol–water partition coefficient (Wildman–Crippen LogP) is 2.59. The monoisotopic (exact) mass is 506 g/mol. The van der Waals surface area contributed by atoms with Crippen LogP contribution in [0.2, 0.25) is 0 Å². The standard InChI is InChI=1S/C27H34N6O4/c1-19(2)9-11-27(21-7-5-4-6-8-21)24(35)33(25(28)30-27)18-22-17-20(10-12-29-22)23(34)31-13-15-32(16-14-31)26(36)37-3/h4-8,10,12,17,19H,9,11,13-16,18H2,1-3H3,(H2,28,30). The number of methoxy groups -OCH3 is 1. The summed E-state index contributed by atoms with van der Waals surface area (Å²) >= 11 is 0. The van der Waals surface area contributed by atoms with Crippen LogP contribution in [0.4, 0.5) is 4.79 Å². The van der Waals surface area contributed by atoms with Crippen molar-refractivity contribution in [2.75, 3.05) is 33.3 Å². The third kappa shape index (κ3) is 5.42. The Balaban J connectivity index is 1.50. The van der Waals surface area contributed by atoms with Crippen molar-refractivity contribution in [2.45, 2.75) is 38.8 Å². The minimum Gasteiger partial charge on any atom is -0.453 e. The summed E-state index contributed by atoms with van der Waals surface area (Å²) in [7, 11) is 1.34. The van der Waals surface area contributed by atoms with Crippen LogP contribution in [-0.4, -0.2) is 76.8 Å². The van der Waals surface area contributed by atoms with Gasteiger partial charge in [-0.15, -0.1) is 0 Å². The Hall–Kier alpha value is -3.95. The first-order chi connectivity index (χ1) is 17.7. The number of benzene rings is 1. The van der Waals surface area contributed by atoms with Gasteiger partial charge in [-0.25, -0.2) is 9.79 Å². The molecule has 10 nitrogen and oxygen atoms in total. The van der Waals surface area contributed by atoms with Crippen LogP contribution in [-0.2, 0) is 21.6 Å². The highest BCUT2D eigenvalue weighted by atomic mass is 16.5.